The van der Waals surface area contributed by atoms with E-state index in [1.165, 1.54) is 77.0 Å². The van der Waals surface area contributed by atoms with Crippen molar-refractivity contribution in [1.82, 2.24) is 0 Å². The van der Waals surface area contributed by atoms with Crippen LogP contribution in [0, 0.1) is 0 Å². The summed E-state index contributed by atoms with van der Waals surface area (Å²) in [5.74, 6) is 1.39. The number of rotatable bonds is 25. The van der Waals surface area contributed by atoms with Crippen LogP contribution in [0.25, 0.3) is 11.0 Å². The maximum absolute atomic E-state index is 13.0. The second-order valence-electron chi connectivity index (χ2n) is 10.9. The monoisotopic (exact) mass is 556 g/mol. The number of allylic oxidation sites excluding steroid dienone is 1. The first kappa shape index (κ1) is 33.8. The van der Waals surface area contributed by atoms with E-state index in [0.717, 1.165) is 43.9 Å². The summed E-state index contributed by atoms with van der Waals surface area (Å²) >= 11 is 0. The van der Waals surface area contributed by atoms with Crippen LogP contribution in [0.1, 0.15) is 136 Å². The van der Waals surface area contributed by atoms with E-state index < -0.39 is 5.63 Å². The second kappa shape index (κ2) is 22.3. The first-order valence-electron chi connectivity index (χ1n) is 16.3. The third-order valence-corrected chi connectivity index (χ3v) is 7.24. The van der Waals surface area contributed by atoms with Crippen LogP contribution >= 0.6 is 0 Å². The van der Waals surface area contributed by atoms with Gasteiger partial charge in [-0.1, -0.05) is 123 Å². The Morgan fingerprint density at radius 1 is 0.625 bits per heavy atom. The van der Waals surface area contributed by atoms with Gasteiger partial charge in [-0.3, -0.25) is 0 Å². The molecule has 0 aliphatic heterocycles. The minimum absolute atomic E-state index is 0.202. The van der Waals surface area contributed by atoms with Gasteiger partial charge in [-0.2, -0.15) is 0 Å². The van der Waals surface area contributed by atoms with Crippen molar-refractivity contribution in [3.63, 3.8) is 0 Å². The second-order valence-corrected chi connectivity index (χ2v) is 10.9. The fourth-order valence-corrected chi connectivity index (χ4v) is 4.84. The van der Waals surface area contributed by atoms with Gasteiger partial charge < -0.3 is 18.6 Å². The lowest BCUT2D eigenvalue weighted by Crippen LogP contribution is -2.12. The van der Waals surface area contributed by atoms with Crippen LogP contribution in [0.2, 0.25) is 0 Å². The maximum atomic E-state index is 13.0. The number of benzene rings is 1. The lowest BCUT2D eigenvalue weighted by atomic mass is 10.1. The van der Waals surface area contributed by atoms with Gasteiger partial charge in [0.1, 0.15) is 11.3 Å². The van der Waals surface area contributed by atoms with E-state index in [2.05, 4.69) is 32.9 Å². The van der Waals surface area contributed by atoms with Gasteiger partial charge >= 0.3 is 5.63 Å². The molecular formula is C35H56O5. The zero-order valence-electron chi connectivity index (χ0n) is 25.8. The molecule has 40 heavy (non-hydrogen) atoms. The molecule has 0 amide bonds. The van der Waals surface area contributed by atoms with Crippen molar-refractivity contribution in [1.29, 1.82) is 0 Å². The molecule has 0 N–H and O–H groups in total. The summed E-state index contributed by atoms with van der Waals surface area (Å²) in [4.78, 5) is 13.0. The molecule has 226 valence electrons. The molecule has 0 radical (unpaired) electrons. The molecule has 5 heteroatoms. The minimum Gasteiger partial charge on any atom is -0.493 e. The van der Waals surface area contributed by atoms with Gasteiger partial charge in [0.15, 0.2) is 5.75 Å². The van der Waals surface area contributed by atoms with Crippen molar-refractivity contribution in [2.45, 2.75) is 136 Å². The topological polar surface area (TPSA) is 57.9 Å². The highest BCUT2D eigenvalue weighted by molar-refractivity contribution is 5.86. The van der Waals surface area contributed by atoms with Gasteiger partial charge in [0.2, 0.25) is 5.75 Å². The molecule has 0 atom stereocenters. The standard InChI is InChI=1S/C35H56O5/c1-4-7-10-13-15-17-19-22-27-38-33-31-25-24-30(37-26-21-12-9-6-3)29-32(31)40-35(36)34(33)39-28-23-20-18-16-14-11-8-5-2/h9,12,24-25,29H,4-8,10-11,13-23,26-28H2,1-3H3. The molecule has 0 aliphatic carbocycles. The summed E-state index contributed by atoms with van der Waals surface area (Å²) in [6.07, 6.45) is 25.7. The van der Waals surface area contributed by atoms with E-state index >= 15 is 0 Å². The quantitative estimate of drug-likeness (QED) is 0.0691. The predicted molar refractivity (Wildman–Crippen MR) is 168 cm³/mol. The van der Waals surface area contributed by atoms with Crippen molar-refractivity contribution in [2.75, 3.05) is 19.8 Å². The highest BCUT2D eigenvalue weighted by Gasteiger charge is 2.18. The first-order chi connectivity index (χ1) is 19.7. The molecule has 0 fully saturated rings. The summed E-state index contributed by atoms with van der Waals surface area (Å²) in [5.41, 5.74) is -0.0158. The number of hydrogen-bond donors (Lipinski definition) is 0. The van der Waals surface area contributed by atoms with Crippen molar-refractivity contribution in [2.24, 2.45) is 0 Å². The van der Waals surface area contributed by atoms with Crippen molar-refractivity contribution >= 4 is 11.0 Å². The zero-order chi connectivity index (χ0) is 28.7. The summed E-state index contributed by atoms with van der Waals surface area (Å²) in [5, 5.41) is 0.753. The van der Waals surface area contributed by atoms with Crippen LogP contribution in [0.5, 0.6) is 17.2 Å². The molecule has 0 saturated heterocycles. The van der Waals surface area contributed by atoms with E-state index in [9.17, 15) is 4.79 Å². The Labute approximate surface area is 243 Å². The summed E-state index contributed by atoms with van der Waals surface area (Å²) in [6.45, 7) is 8.24. The normalized spacial score (nSPS) is 11.5. The molecule has 1 heterocycles. The number of unbranched alkanes of at least 4 members (excludes halogenated alkanes) is 14. The molecule has 0 spiro atoms. The molecule has 0 bridgehead atoms. The Bertz CT molecular complexity index is 993. The molecule has 0 unspecified atom stereocenters. The summed E-state index contributed by atoms with van der Waals surface area (Å²) in [6, 6.07) is 5.62. The molecule has 2 aromatic rings. The van der Waals surface area contributed by atoms with Gasteiger partial charge in [-0.15, -0.1) is 0 Å². The van der Waals surface area contributed by atoms with E-state index in [1.54, 1.807) is 6.07 Å². The molecule has 1 aromatic carbocycles. The average Bonchev–Trinajstić information content (AvgIpc) is 2.96. The van der Waals surface area contributed by atoms with Crippen LogP contribution in [0.3, 0.4) is 0 Å². The summed E-state index contributed by atoms with van der Waals surface area (Å²) < 4.78 is 23.8. The SMILES string of the molecule is CCC=CCCOc1ccc2c(OCCCCCCCCCC)c(OCCCCCCCCCC)c(=O)oc2c1. The lowest BCUT2D eigenvalue weighted by Gasteiger charge is -2.14. The van der Waals surface area contributed by atoms with Gasteiger partial charge in [0.25, 0.3) is 0 Å². The molecule has 0 aliphatic rings. The van der Waals surface area contributed by atoms with Crippen molar-refractivity contribution < 1.29 is 18.6 Å². The van der Waals surface area contributed by atoms with Gasteiger partial charge in [0.05, 0.1) is 25.2 Å². The molecule has 5 nitrogen and oxygen atoms in total. The Balaban J connectivity index is 1.99. The summed E-state index contributed by atoms with van der Waals surface area (Å²) in [7, 11) is 0. The van der Waals surface area contributed by atoms with Crippen LogP contribution in [0.4, 0.5) is 0 Å². The highest BCUT2D eigenvalue weighted by atomic mass is 16.5. The zero-order valence-corrected chi connectivity index (χ0v) is 25.8. The largest absolute Gasteiger partial charge is 0.493 e. The third-order valence-electron chi connectivity index (χ3n) is 7.24. The van der Waals surface area contributed by atoms with Gasteiger partial charge in [-0.25, -0.2) is 4.79 Å². The maximum Gasteiger partial charge on any atom is 0.383 e. The molecule has 2 rings (SSSR count). The fourth-order valence-electron chi connectivity index (χ4n) is 4.84. The number of ether oxygens (including phenoxy) is 3. The highest BCUT2D eigenvalue weighted by Crippen LogP contribution is 2.35. The van der Waals surface area contributed by atoms with E-state index in [4.69, 9.17) is 18.6 Å². The van der Waals surface area contributed by atoms with Crippen molar-refractivity contribution in [3.05, 3.63) is 40.8 Å². The third kappa shape index (κ3) is 13.8. The van der Waals surface area contributed by atoms with E-state index in [-0.39, 0.29) is 5.75 Å². The van der Waals surface area contributed by atoms with Crippen molar-refractivity contribution in [3.8, 4) is 17.2 Å². The Morgan fingerprint density at radius 3 is 1.75 bits per heavy atom. The smallest absolute Gasteiger partial charge is 0.383 e. The Morgan fingerprint density at radius 2 is 1.18 bits per heavy atom. The average molecular weight is 557 g/mol. The van der Waals surface area contributed by atoms with E-state index in [0.29, 0.717) is 36.9 Å². The van der Waals surface area contributed by atoms with Crippen LogP contribution in [0.15, 0.2) is 39.6 Å². The van der Waals surface area contributed by atoms with Gasteiger partial charge in [0, 0.05) is 6.07 Å². The molecule has 0 saturated carbocycles. The first-order valence-corrected chi connectivity index (χ1v) is 16.3. The molecule has 1 aromatic heterocycles. The molecular weight excluding hydrogens is 500 g/mol. The number of fused-ring (bicyclic) bond motifs is 1. The van der Waals surface area contributed by atoms with Crippen LogP contribution < -0.4 is 19.8 Å². The Kier molecular flexibility index (Phi) is 18.8. The predicted octanol–water partition coefficient (Wildman–Crippen LogP) is 10.6. The Hall–Kier alpha value is -2.43. The van der Waals surface area contributed by atoms with Crippen LogP contribution in [-0.4, -0.2) is 19.8 Å². The fraction of sp³-hybridized carbons (Fsp3) is 0.686. The minimum atomic E-state index is -0.485. The number of hydrogen-bond acceptors (Lipinski definition) is 5. The lowest BCUT2D eigenvalue weighted by molar-refractivity contribution is 0.250. The van der Waals surface area contributed by atoms with Gasteiger partial charge in [-0.05, 0) is 37.8 Å². The van der Waals surface area contributed by atoms with E-state index in [1.807, 2.05) is 12.1 Å². The van der Waals surface area contributed by atoms with Crippen LogP contribution in [-0.2, 0) is 0 Å².